The first-order valence-corrected chi connectivity index (χ1v) is 11.3. The number of phenols is 2. The van der Waals surface area contributed by atoms with E-state index >= 15 is 0 Å². The van der Waals surface area contributed by atoms with Gasteiger partial charge in [-0.2, -0.15) is 0 Å². The van der Waals surface area contributed by atoms with Gasteiger partial charge in [0.15, 0.2) is 0 Å². The molecule has 174 valence electrons. The third kappa shape index (κ3) is 10.7. The van der Waals surface area contributed by atoms with Crippen LogP contribution in [0.2, 0.25) is 0 Å². The number of aliphatic hydroxyl groups is 2. The Bertz CT molecular complexity index is 794. The van der Waals surface area contributed by atoms with Crippen molar-refractivity contribution in [3.63, 3.8) is 0 Å². The lowest BCUT2D eigenvalue weighted by Gasteiger charge is -2.24. The van der Waals surface area contributed by atoms with Crippen molar-refractivity contribution in [3.05, 3.63) is 58.2 Å². The van der Waals surface area contributed by atoms with Crippen molar-refractivity contribution in [2.24, 2.45) is 0 Å². The van der Waals surface area contributed by atoms with Gasteiger partial charge in [-0.05, 0) is 104 Å². The van der Waals surface area contributed by atoms with Crippen molar-refractivity contribution < 1.29 is 20.4 Å². The molecule has 0 bridgehead atoms. The van der Waals surface area contributed by atoms with Gasteiger partial charge in [-0.15, -0.1) is 0 Å². The fourth-order valence-corrected chi connectivity index (χ4v) is 3.39. The van der Waals surface area contributed by atoms with Crippen LogP contribution in [0.15, 0.2) is 47.1 Å². The van der Waals surface area contributed by atoms with Gasteiger partial charge in [0, 0.05) is 5.56 Å². The molecular weight excluding hydrogens is 388 g/mol. The molecule has 0 aliphatic carbocycles. The lowest BCUT2D eigenvalue weighted by atomic mass is 9.95. The second kappa shape index (κ2) is 12.7. The summed E-state index contributed by atoms with van der Waals surface area (Å²) in [5.74, 6) is 0.447. The molecule has 0 saturated carbocycles. The summed E-state index contributed by atoms with van der Waals surface area (Å²) in [5, 5.41) is 39.5. The molecule has 4 heteroatoms. The Morgan fingerprint density at radius 1 is 0.903 bits per heavy atom. The highest BCUT2D eigenvalue weighted by Crippen LogP contribution is 2.28. The molecule has 1 aromatic carbocycles. The highest BCUT2D eigenvalue weighted by Gasteiger charge is 2.23. The molecule has 4 N–H and O–H groups in total. The minimum atomic E-state index is -1.05. The Hall–Kier alpha value is -2.04. The van der Waals surface area contributed by atoms with E-state index in [1.807, 2.05) is 0 Å². The number of aryl methyl sites for hydroxylation is 1. The van der Waals surface area contributed by atoms with E-state index in [-0.39, 0.29) is 11.5 Å². The minimum Gasteiger partial charge on any atom is -0.508 e. The van der Waals surface area contributed by atoms with E-state index in [0.717, 1.165) is 37.7 Å². The average Bonchev–Trinajstić information content (AvgIpc) is 2.66. The second-order valence-electron chi connectivity index (χ2n) is 9.41. The smallest absolute Gasteiger partial charge is 0.122 e. The van der Waals surface area contributed by atoms with Crippen molar-refractivity contribution in [1.82, 2.24) is 0 Å². The summed E-state index contributed by atoms with van der Waals surface area (Å²) in [5.41, 5.74) is 4.28. The average molecular weight is 431 g/mol. The fourth-order valence-electron chi connectivity index (χ4n) is 3.39. The molecule has 0 aromatic heterocycles. The topological polar surface area (TPSA) is 80.9 Å². The largest absolute Gasteiger partial charge is 0.508 e. The maximum absolute atomic E-state index is 10.1. The maximum atomic E-state index is 10.1. The first-order valence-electron chi connectivity index (χ1n) is 11.3. The Morgan fingerprint density at radius 3 is 1.97 bits per heavy atom. The quantitative estimate of drug-likeness (QED) is 0.233. The zero-order valence-corrected chi connectivity index (χ0v) is 20.2. The minimum absolute atomic E-state index is 0.188. The number of aliphatic hydroxyl groups excluding tert-OH is 1. The summed E-state index contributed by atoms with van der Waals surface area (Å²) in [6.45, 7) is 11.4. The van der Waals surface area contributed by atoms with Gasteiger partial charge in [0.1, 0.15) is 11.5 Å². The Labute approximate surface area is 188 Å². The van der Waals surface area contributed by atoms with Gasteiger partial charge in [0.05, 0.1) is 11.7 Å². The second-order valence-corrected chi connectivity index (χ2v) is 9.41. The van der Waals surface area contributed by atoms with E-state index in [1.165, 1.54) is 16.7 Å². The normalized spacial score (nSPS) is 14.8. The molecule has 0 fully saturated rings. The summed E-state index contributed by atoms with van der Waals surface area (Å²) in [4.78, 5) is 0. The standard InChI is InChI=1S/C27H42O4/c1-19(10-8-12-21(3)14-16-25(29)27(5,6)31)9-7-11-20(2)13-15-23-18-24(28)17-22(4)26(23)30/h9,12-13,17-18,25,28-31H,7-8,10-11,14-16H2,1-6H3. The van der Waals surface area contributed by atoms with Crippen molar-refractivity contribution in [2.45, 2.75) is 98.2 Å². The van der Waals surface area contributed by atoms with E-state index < -0.39 is 11.7 Å². The number of hydrogen-bond acceptors (Lipinski definition) is 4. The van der Waals surface area contributed by atoms with Crippen LogP contribution in [0.5, 0.6) is 11.5 Å². The first-order chi connectivity index (χ1) is 14.4. The van der Waals surface area contributed by atoms with Gasteiger partial charge in [-0.25, -0.2) is 0 Å². The molecule has 0 radical (unpaired) electrons. The third-order valence-corrected chi connectivity index (χ3v) is 5.73. The predicted octanol–water partition coefficient (Wildman–Crippen LogP) is 6.26. The lowest BCUT2D eigenvalue weighted by molar-refractivity contribution is -0.0509. The fraction of sp³-hybridized carbons (Fsp3) is 0.556. The van der Waals surface area contributed by atoms with Crippen LogP contribution >= 0.6 is 0 Å². The van der Waals surface area contributed by atoms with Crippen LogP contribution in [0.4, 0.5) is 0 Å². The molecule has 4 nitrogen and oxygen atoms in total. The molecule has 31 heavy (non-hydrogen) atoms. The number of rotatable bonds is 12. The summed E-state index contributed by atoms with van der Waals surface area (Å²) in [6, 6.07) is 3.19. The summed E-state index contributed by atoms with van der Waals surface area (Å²) in [7, 11) is 0. The highest BCUT2D eigenvalue weighted by molar-refractivity contribution is 5.46. The van der Waals surface area contributed by atoms with Crippen LogP contribution in [-0.2, 0) is 6.42 Å². The summed E-state index contributed by atoms with van der Waals surface area (Å²) in [6.07, 6.45) is 11.9. The molecule has 0 aliphatic heterocycles. The molecule has 0 spiro atoms. The van der Waals surface area contributed by atoms with E-state index in [2.05, 4.69) is 39.0 Å². The predicted molar refractivity (Wildman–Crippen MR) is 129 cm³/mol. The monoisotopic (exact) mass is 430 g/mol. The van der Waals surface area contributed by atoms with Crippen molar-refractivity contribution in [3.8, 4) is 11.5 Å². The van der Waals surface area contributed by atoms with E-state index in [0.29, 0.717) is 18.4 Å². The summed E-state index contributed by atoms with van der Waals surface area (Å²) < 4.78 is 0. The lowest BCUT2D eigenvalue weighted by Crippen LogP contribution is -2.35. The molecule has 0 amide bonds. The van der Waals surface area contributed by atoms with Gasteiger partial charge < -0.3 is 20.4 Å². The Kier molecular flexibility index (Phi) is 11.1. The molecule has 1 atom stereocenters. The van der Waals surface area contributed by atoms with Gasteiger partial charge in [0.2, 0.25) is 0 Å². The van der Waals surface area contributed by atoms with E-state index in [4.69, 9.17) is 0 Å². The highest BCUT2D eigenvalue weighted by atomic mass is 16.3. The molecule has 1 rings (SSSR count). The SMILES string of the molecule is CC(=CCCC(C)=CCc1cc(O)cc(C)c1O)CCC=C(C)CCC(O)C(C)(C)O. The number of benzene rings is 1. The van der Waals surface area contributed by atoms with Crippen molar-refractivity contribution in [2.75, 3.05) is 0 Å². The molecule has 0 heterocycles. The molecule has 1 aromatic rings. The first kappa shape index (κ1) is 27.0. The zero-order valence-electron chi connectivity index (χ0n) is 20.2. The van der Waals surface area contributed by atoms with Crippen LogP contribution in [0.3, 0.4) is 0 Å². The van der Waals surface area contributed by atoms with Gasteiger partial charge in [-0.1, -0.05) is 34.9 Å². The van der Waals surface area contributed by atoms with Crippen LogP contribution in [0.1, 0.15) is 84.3 Å². The molecule has 0 aliphatic rings. The van der Waals surface area contributed by atoms with Gasteiger partial charge in [0.25, 0.3) is 0 Å². The number of allylic oxidation sites excluding steroid dienone is 6. The number of hydrogen-bond donors (Lipinski definition) is 4. The Balaban J connectivity index is 2.40. The van der Waals surface area contributed by atoms with Gasteiger partial charge in [-0.3, -0.25) is 0 Å². The zero-order chi connectivity index (χ0) is 23.6. The number of aromatic hydroxyl groups is 2. The molecule has 1 unspecified atom stereocenters. The molecule has 0 saturated heterocycles. The molecular formula is C27H42O4. The van der Waals surface area contributed by atoms with Gasteiger partial charge >= 0.3 is 0 Å². The van der Waals surface area contributed by atoms with Crippen LogP contribution in [0.25, 0.3) is 0 Å². The van der Waals surface area contributed by atoms with E-state index in [1.54, 1.807) is 32.9 Å². The van der Waals surface area contributed by atoms with E-state index in [9.17, 15) is 20.4 Å². The van der Waals surface area contributed by atoms with Crippen LogP contribution in [0, 0.1) is 6.92 Å². The Morgan fingerprint density at radius 2 is 1.42 bits per heavy atom. The van der Waals surface area contributed by atoms with Crippen molar-refractivity contribution >= 4 is 0 Å². The van der Waals surface area contributed by atoms with Crippen LogP contribution in [-0.4, -0.2) is 32.1 Å². The third-order valence-electron chi connectivity index (χ3n) is 5.73. The summed E-state index contributed by atoms with van der Waals surface area (Å²) >= 11 is 0. The van der Waals surface area contributed by atoms with Crippen molar-refractivity contribution in [1.29, 1.82) is 0 Å². The van der Waals surface area contributed by atoms with Crippen LogP contribution < -0.4 is 0 Å². The maximum Gasteiger partial charge on any atom is 0.122 e. The number of phenolic OH excluding ortho intramolecular Hbond substituents is 2.